The first kappa shape index (κ1) is 14.2. The molecule has 2 rings (SSSR count). The number of aryl methyl sites for hydroxylation is 1. The van der Waals surface area contributed by atoms with E-state index in [-0.39, 0.29) is 18.2 Å². The summed E-state index contributed by atoms with van der Waals surface area (Å²) in [5.74, 6) is -0.369. The van der Waals surface area contributed by atoms with Gasteiger partial charge in [0, 0.05) is 12.1 Å². The van der Waals surface area contributed by atoms with E-state index in [0.717, 1.165) is 0 Å². The van der Waals surface area contributed by atoms with Crippen molar-refractivity contribution in [2.24, 2.45) is 0 Å². The maximum atomic E-state index is 10.9. The Balaban J connectivity index is 2.26. The molecule has 1 saturated heterocycles. The third kappa shape index (κ3) is 3.02. The fourth-order valence-electron chi connectivity index (χ4n) is 2.21. The average Bonchev–Trinajstić information content (AvgIpc) is 2.38. The van der Waals surface area contributed by atoms with E-state index in [9.17, 15) is 14.9 Å². The lowest BCUT2D eigenvalue weighted by Crippen LogP contribution is -2.47. The second-order valence-corrected chi connectivity index (χ2v) is 4.61. The summed E-state index contributed by atoms with van der Waals surface area (Å²) in [5, 5.41) is 19.7. The second kappa shape index (κ2) is 5.83. The molecule has 1 fully saturated rings. The van der Waals surface area contributed by atoms with Crippen LogP contribution in [0.2, 0.25) is 0 Å². The number of pyridine rings is 1. The van der Waals surface area contributed by atoms with Crippen molar-refractivity contribution in [2.45, 2.75) is 19.4 Å². The van der Waals surface area contributed by atoms with Crippen LogP contribution in [0.15, 0.2) is 12.3 Å². The molecule has 8 heteroatoms. The second-order valence-electron chi connectivity index (χ2n) is 4.61. The summed E-state index contributed by atoms with van der Waals surface area (Å²) >= 11 is 0. The number of morpholine rings is 1. The zero-order chi connectivity index (χ0) is 14.7. The molecule has 0 bridgehead atoms. The molecule has 0 amide bonds. The van der Waals surface area contributed by atoms with Gasteiger partial charge >= 0.3 is 5.97 Å². The van der Waals surface area contributed by atoms with Gasteiger partial charge in [0.1, 0.15) is 12.0 Å². The molecule has 1 atom stereocenters. The first-order valence-corrected chi connectivity index (χ1v) is 6.16. The van der Waals surface area contributed by atoms with Gasteiger partial charge in [-0.25, -0.2) is 4.98 Å². The number of ether oxygens (including phenoxy) is 1. The Bertz CT molecular complexity index is 534. The summed E-state index contributed by atoms with van der Waals surface area (Å²) in [7, 11) is 0. The standard InChI is InChI=1S/C12H15N3O5/c1-8-4-11(13-6-10(8)15(18)19)14-2-3-20-7-9(14)5-12(16)17/h4,6,9H,2-3,5,7H2,1H3,(H,16,17). The number of hydrogen-bond donors (Lipinski definition) is 1. The molecule has 1 aliphatic rings. The molecule has 0 radical (unpaired) electrons. The molecular weight excluding hydrogens is 266 g/mol. The van der Waals surface area contributed by atoms with Gasteiger partial charge in [0.05, 0.1) is 30.6 Å². The summed E-state index contributed by atoms with van der Waals surface area (Å²) in [6.45, 7) is 2.94. The van der Waals surface area contributed by atoms with Crippen LogP contribution in [-0.2, 0) is 9.53 Å². The van der Waals surface area contributed by atoms with Crippen molar-refractivity contribution in [3.63, 3.8) is 0 Å². The Morgan fingerprint density at radius 1 is 1.70 bits per heavy atom. The van der Waals surface area contributed by atoms with E-state index in [0.29, 0.717) is 31.1 Å². The summed E-state index contributed by atoms with van der Waals surface area (Å²) in [5.41, 5.74) is 0.456. The summed E-state index contributed by atoms with van der Waals surface area (Å²) in [4.78, 5) is 27.1. The molecule has 0 saturated carbocycles. The van der Waals surface area contributed by atoms with Gasteiger partial charge in [0.25, 0.3) is 5.69 Å². The van der Waals surface area contributed by atoms with Crippen LogP contribution in [0.4, 0.5) is 11.5 Å². The van der Waals surface area contributed by atoms with Crippen LogP contribution in [0.3, 0.4) is 0 Å². The zero-order valence-corrected chi connectivity index (χ0v) is 11.0. The van der Waals surface area contributed by atoms with Crippen LogP contribution >= 0.6 is 0 Å². The number of nitro groups is 1. The van der Waals surface area contributed by atoms with Crippen molar-refractivity contribution in [1.82, 2.24) is 4.98 Å². The van der Waals surface area contributed by atoms with Crippen LogP contribution in [-0.4, -0.2) is 46.8 Å². The molecule has 20 heavy (non-hydrogen) atoms. The van der Waals surface area contributed by atoms with E-state index >= 15 is 0 Å². The normalized spacial score (nSPS) is 18.9. The van der Waals surface area contributed by atoms with Crippen LogP contribution in [0, 0.1) is 17.0 Å². The van der Waals surface area contributed by atoms with E-state index in [1.54, 1.807) is 13.0 Å². The predicted octanol–water partition coefficient (Wildman–Crippen LogP) is 0.978. The van der Waals surface area contributed by atoms with Crippen LogP contribution < -0.4 is 4.90 Å². The number of aromatic nitrogens is 1. The van der Waals surface area contributed by atoms with Crippen molar-refractivity contribution in [3.05, 3.63) is 27.9 Å². The monoisotopic (exact) mass is 281 g/mol. The van der Waals surface area contributed by atoms with Crippen LogP contribution in [0.25, 0.3) is 0 Å². The lowest BCUT2D eigenvalue weighted by atomic mass is 10.1. The zero-order valence-electron chi connectivity index (χ0n) is 11.0. The molecule has 1 aliphatic heterocycles. The third-order valence-electron chi connectivity index (χ3n) is 3.20. The topological polar surface area (TPSA) is 106 Å². The number of rotatable bonds is 4. The lowest BCUT2D eigenvalue weighted by Gasteiger charge is -2.35. The Hall–Kier alpha value is -2.22. The molecular formula is C12H15N3O5. The Kier molecular flexibility index (Phi) is 4.14. The molecule has 0 aromatic carbocycles. The number of aliphatic carboxylic acids is 1. The number of nitrogens with zero attached hydrogens (tertiary/aromatic N) is 3. The van der Waals surface area contributed by atoms with Crippen molar-refractivity contribution in [1.29, 1.82) is 0 Å². The highest BCUT2D eigenvalue weighted by Gasteiger charge is 2.27. The quantitative estimate of drug-likeness (QED) is 0.647. The highest BCUT2D eigenvalue weighted by Crippen LogP contribution is 2.24. The first-order valence-electron chi connectivity index (χ1n) is 6.16. The minimum atomic E-state index is -0.913. The lowest BCUT2D eigenvalue weighted by molar-refractivity contribution is -0.385. The van der Waals surface area contributed by atoms with Crippen molar-refractivity contribution in [3.8, 4) is 0 Å². The van der Waals surface area contributed by atoms with Crippen LogP contribution in [0.1, 0.15) is 12.0 Å². The van der Waals surface area contributed by atoms with Gasteiger partial charge in [-0.2, -0.15) is 0 Å². The fraction of sp³-hybridized carbons (Fsp3) is 0.500. The SMILES string of the molecule is Cc1cc(N2CCOCC2CC(=O)O)ncc1[N+](=O)[O-]. The van der Waals surface area contributed by atoms with Crippen molar-refractivity contribution >= 4 is 17.5 Å². The molecule has 1 aromatic heterocycles. The first-order chi connectivity index (χ1) is 9.49. The van der Waals surface area contributed by atoms with Gasteiger partial charge in [-0.15, -0.1) is 0 Å². The maximum Gasteiger partial charge on any atom is 0.305 e. The number of carboxylic acids is 1. The summed E-state index contributed by atoms with van der Waals surface area (Å²) in [6, 6.07) is 1.30. The average molecular weight is 281 g/mol. The van der Waals surface area contributed by atoms with Gasteiger partial charge in [0.2, 0.25) is 0 Å². The molecule has 0 aliphatic carbocycles. The van der Waals surface area contributed by atoms with Crippen LogP contribution in [0.5, 0.6) is 0 Å². The number of hydrogen-bond acceptors (Lipinski definition) is 6. The molecule has 1 aromatic rings. The fourth-order valence-corrected chi connectivity index (χ4v) is 2.21. The maximum absolute atomic E-state index is 10.9. The van der Waals surface area contributed by atoms with E-state index in [2.05, 4.69) is 4.98 Å². The molecule has 108 valence electrons. The minimum Gasteiger partial charge on any atom is -0.481 e. The number of anilines is 1. The number of carboxylic acid groups (broad SMARTS) is 1. The molecule has 0 spiro atoms. The van der Waals surface area contributed by atoms with Crippen molar-refractivity contribution in [2.75, 3.05) is 24.7 Å². The molecule has 8 nitrogen and oxygen atoms in total. The Morgan fingerprint density at radius 2 is 2.45 bits per heavy atom. The van der Waals surface area contributed by atoms with Gasteiger partial charge in [-0.1, -0.05) is 0 Å². The van der Waals surface area contributed by atoms with E-state index in [4.69, 9.17) is 9.84 Å². The van der Waals surface area contributed by atoms with E-state index in [1.807, 2.05) is 4.90 Å². The molecule has 2 heterocycles. The van der Waals surface area contributed by atoms with E-state index < -0.39 is 10.9 Å². The Morgan fingerprint density at radius 3 is 3.05 bits per heavy atom. The molecule has 1 N–H and O–H groups in total. The minimum absolute atomic E-state index is 0.0446. The highest BCUT2D eigenvalue weighted by atomic mass is 16.6. The van der Waals surface area contributed by atoms with Gasteiger partial charge < -0.3 is 14.7 Å². The Labute approximate surface area is 115 Å². The van der Waals surface area contributed by atoms with Crippen molar-refractivity contribution < 1.29 is 19.6 Å². The largest absolute Gasteiger partial charge is 0.481 e. The smallest absolute Gasteiger partial charge is 0.305 e. The number of carbonyl (C=O) groups is 1. The highest BCUT2D eigenvalue weighted by molar-refractivity contribution is 5.68. The summed E-state index contributed by atoms with van der Waals surface area (Å²) in [6.07, 6.45) is 1.15. The van der Waals surface area contributed by atoms with Gasteiger partial charge in [0.15, 0.2) is 0 Å². The predicted molar refractivity (Wildman–Crippen MR) is 69.8 cm³/mol. The molecule has 1 unspecified atom stereocenters. The van der Waals surface area contributed by atoms with Gasteiger partial charge in [-0.3, -0.25) is 14.9 Å². The summed E-state index contributed by atoms with van der Waals surface area (Å²) < 4.78 is 5.29. The van der Waals surface area contributed by atoms with E-state index in [1.165, 1.54) is 6.20 Å². The third-order valence-corrected chi connectivity index (χ3v) is 3.20. The van der Waals surface area contributed by atoms with Gasteiger partial charge in [-0.05, 0) is 13.0 Å².